The first kappa shape index (κ1) is 16.3. The second kappa shape index (κ2) is 7.79. The molecular weight excluding hydrogens is 280 g/mol. The Kier molecular flexibility index (Phi) is 5.77. The van der Waals surface area contributed by atoms with Gasteiger partial charge in [0.2, 0.25) is 0 Å². The van der Waals surface area contributed by atoms with E-state index in [-0.39, 0.29) is 18.0 Å². The van der Waals surface area contributed by atoms with E-state index in [4.69, 9.17) is 0 Å². The molecule has 0 bridgehead atoms. The number of urea groups is 1. The topological polar surface area (TPSA) is 73.5 Å². The van der Waals surface area contributed by atoms with Crippen LogP contribution in [-0.2, 0) is 0 Å². The molecule has 1 saturated heterocycles. The number of nitrogens with one attached hydrogen (secondary N) is 3. The SMILES string of the molecule is CC(C)NC(=O)Nc1ccccc1C(=O)N1CCCNCC1. The van der Waals surface area contributed by atoms with E-state index < -0.39 is 0 Å². The third-order valence-corrected chi connectivity index (χ3v) is 3.45. The molecule has 0 aliphatic carbocycles. The molecule has 1 aliphatic rings. The van der Waals surface area contributed by atoms with Gasteiger partial charge in [0.25, 0.3) is 5.91 Å². The van der Waals surface area contributed by atoms with Crippen molar-refractivity contribution in [2.24, 2.45) is 0 Å². The van der Waals surface area contributed by atoms with Gasteiger partial charge in [-0.2, -0.15) is 0 Å². The fraction of sp³-hybridized carbons (Fsp3) is 0.500. The van der Waals surface area contributed by atoms with Crippen LogP contribution in [0.1, 0.15) is 30.6 Å². The number of anilines is 1. The monoisotopic (exact) mass is 304 g/mol. The molecule has 0 unspecified atom stereocenters. The summed E-state index contributed by atoms with van der Waals surface area (Å²) in [6, 6.07) is 6.88. The zero-order valence-electron chi connectivity index (χ0n) is 13.2. The van der Waals surface area contributed by atoms with Crippen LogP contribution in [-0.4, -0.2) is 49.1 Å². The number of hydrogen-bond acceptors (Lipinski definition) is 3. The van der Waals surface area contributed by atoms with Crippen LogP contribution in [0.2, 0.25) is 0 Å². The molecule has 3 N–H and O–H groups in total. The average molecular weight is 304 g/mol. The maximum Gasteiger partial charge on any atom is 0.319 e. The number of hydrogen-bond donors (Lipinski definition) is 3. The quantitative estimate of drug-likeness (QED) is 0.795. The van der Waals surface area contributed by atoms with Gasteiger partial charge < -0.3 is 20.9 Å². The first-order valence-electron chi connectivity index (χ1n) is 7.74. The molecular formula is C16H24N4O2. The Morgan fingerprint density at radius 2 is 1.95 bits per heavy atom. The number of para-hydroxylation sites is 1. The van der Waals surface area contributed by atoms with Gasteiger partial charge in [0, 0.05) is 25.7 Å². The van der Waals surface area contributed by atoms with Crippen LogP contribution in [0.5, 0.6) is 0 Å². The number of carbonyl (C=O) groups is 2. The minimum absolute atomic E-state index is 0.0378. The normalized spacial score (nSPS) is 15.3. The molecule has 1 fully saturated rings. The average Bonchev–Trinajstić information content (AvgIpc) is 2.75. The molecule has 0 radical (unpaired) electrons. The van der Waals surface area contributed by atoms with Crippen molar-refractivity contribution in [2.75, 3.05) is 31.5 Å². The van der Waals surface area contributed by atoms with E-state index in [9.17, 15) is 9.59 Å². The van der Waals surface area contributed by atoms with Crippen LogP contribution < -0.4 is 16.0 Å². The highest BCUT2D eigenvalue weighted by Crippen LogP contribution is 2.18. The number of rotatable bonds is 3. The van der Waals surface area contributed by atoms with Crippen LogP contribution in [0.25, 0.3) is 0 Å². The lowest BCUT2D eigenvalue weighted by atomic mass is 10.1. The molecule has 6 nitrogen and oxygen atoms in total. The smallest absolute Gasteiger partial charge is 0.319 e. The van der Waals surface area contributed by atoms with Crippen LogP contribution in [0, 0.1) is 0 Å². The van der Waals surface area contributed by atoms with E-state index in [0.717, 1.165) is 26.1 Å². The summed E-state index contributed by atoms with van der Waals surface area (Å²) in [5.41, 5.74) is 1.08. The fourth-order valence-electron chi connectivity index (χ4n) is 2.42. The molecule has 2 rings (SSSR count). The fourth-order valence-corrected chi connectivity index (χ4v) is 2.42. The lowest BCUT2D eigenvalue weighted by molar-refractivity contribution is 0.0767. The largest absolute Gasteiger partial charge is 0.337 e. The van der Waals surface area contributed by atoms with Crippen LogP contribution in [0.3, 0.4) is 0 Å². The molecule has 0 aromatic heterocycles. The molecule has 3 amide bonds. The molecule has 120 valence electrons. The summed E-state index contributed by atoms with van der Waals surface area (Å²) in [5.74, 6) is -0.0378. The Hall–Kier alpha value is -2.08. The second-order valence-electron chi connectivity index (χ2n) is 5.69. The Morgan fingerprint density at radius 1 is 1.18 bits per heavy atom. The molecule has 22 heavy (non-hydrogen) atoms. The van der Waals surface area contributed by atoms with Crippen molar-refractivity contribution < 1.29 is 9.59 Å². The van der Waals surface area contributed by atoms with Gasteiger partial charge >= 0.3 is 6.03 Å². The van der Waals surface area contributed by atoms with E-state index >= 15 is 0 Å². The van der Waals surface area contributed by atoms with E-state index in [2.05, 4.69) is 16.0 Å². The van der Waals surface area contributed by atoms with Crippen LogP contribution in [0.4, 0.5) is 10.5 Å². The maximum absolute atomic E-state index is 12.7. The molecule has 0 atom stereocenters. The van der Waals surface area contributed by atoms with Crippen molar-refractivity contribution in [2.45, 2.75) is 26.3 Å². The third kappa shape index (κ3) is 4.46. The first-order valence-corrected chi connectivity index (χ1v) is 7.74. The predicted octanol–water partition coefficient (Wildman–Crippen LogP) is 1.65. The summed E-state index contributed by atoms with van der Waals surface area (Å²) in [5, 5.41) is 8.80. The first-order chi connectivity index (χ1) is 10.6. The van der Waals surface area contributed by atoms with Gasteiger partial charge in [-0.05, 0) is 38.9 Å². The zero-order chi connectivity index (χ0) is 15.9. The van der Waals surface area contributed by atoms with Crippen LogP contribution >= 0.6 is 0 Å². The summed E-state index contributed by atoms with van der Waals surface area (Å²) in [6.07, 6.45) is 0.940. The highest BCUT2D eigenvalue weighted by atomic mass is 16.2. The highest BCUT2D eigenvalue weighted by Gasteiger charge is 2.20. The number of carbonyl (C=O) groups excluding carboxylic acids is 2. The lowest BCUT2D eigenvalue weighted by Gasteiger charge is -2.21. The van der Waals surface area contributed by atoms with Gasteiger partial charge in [-0.1, -0.05) is 12.1 Å². The highest BCUT2D eigenvalue weighted by molar-refractivity contribution is 6.03. The van der Waals surface area contributed by atoms with E-state index in [1.807, 2.05) is 30.9 Å². The summed E-state index contributed by atoms with van der Waals surface area (Å²) in [6.45, 7) is 6.93. The number of benzene rings is 1. The van der Waals surface area contributed by atoms with Gasteiger partial charge in [0.05, 0.1) is 11.3 Å². The van der Waals surface area contributed by atoms with Crippen molar-refractivity contribution in [3.05, 3.63) is 29.8 Å². The van der Waals surface area contributed by atoms with E-state index in [1.54, 1.807) is 12.1 Å². The van der Waals surface area contributed by atoms with Crippen molar-refractivity contribution >= 4 is 17.6 Å². The molecule has 1 aromatic rings. The third-order valence-electron chi connectivity index (χ3n) is 3.45. The Morgan fingerprint density at radius 3 is 2.73 bits per heavy atom. The Labute approximate surface area is 131 Å². The lowest BCUT2D eigenvalue weighted by Crippen LogP contribution is -2.36. The summed E-state index contributed by atoms with van der Waals surface area (Å²) in [7, 11) is 0. The Bertz CT molecular complexity index is 523. The van der Waals surface area contributed by atoms with Gasteiger partial charge in [-0.15, -0.1) is 0 Å². The standard InChI is InChI=1S/C16H24N4O2/c1-12(2)18-16(22)19-14-7-4-3-6-13(14)15(21)20-10-5-8-17-9-11-20/h3-4,6-7,12,17H,5,8-11H2,1-2H3,(H2,18,19,22). The summed E-state index contributed by atoms with van der Waals surface area (Å²) in [4.78, 5) is 26.4. The zero-order valence-corrected chi connectivity index (χ0v) is 13.2. The summed E-state index contributed by atoms with van der Waals surface area (Å²) < 4.78 is 0. The molecule has 1 aliphatic heterocycles. The predicted molar refractivity (Wildman–Crippen MR) is 87.1 cm³/mol. The molecule has 1 aromatic carbocycles. The molecule has 1 heterocycles. The van der Waals surface area contributed by atoms with E-state index in [1.165, 1.54) is 0 Å². The molecule has 0 saturated carbocycles. The van der Waals surface area contributed by atoms with E-state index in [0.29, 0.717) is 17.8 Å². The minimum atomic E-state index is -0.298. The minimum Gasteiger partial charge on any atom is -0.337 e. The van der Waals surface area contributed by atoms with Crippen molar-refractivity contribution in [1.82, 2.24) is 15.5 Å². The number of nitrogens with zero attached hydrogens (tertiary/aromatic N) is 1. The second-order valence-corrected chi connectivity index (χ2v) is 5.69. The van der Waals surface area contributed by atoms with Gasteiger partial charge in [0.15, 0.2) is 0 Å². The van der Waals surface area contributed by atoms with Crippen molar-refractivity contribution in [3.63, 3.8) is 0 Å². The van der Waals surface area contributed by atoms with Gasteiger partial charge in [-0.25, -0.2) is 4.79 Å². The van der Waals surface area contributed by atoms with Crippen LogP contribution in [0.15, 0.2) is 24.3 Å². The van der Waals surface area contributed by atoms with Crippen molar-refractivity contribution in [3.8, 4) is 0 Å². The Balaban J connectivity index is 2.12. The molecule has 6 heteroatoms. The summed E-state index contributed by atoms with van der Waals surface area (Å²) >= 11 is 0. The van der Waals surface area contributed by atoms with Gasteiger partial charge in [-0.3, -0.25) is 4.79 Å². The van der Waals surface area contributed by atoms with Gasteiger partial charge in [0.1, 0.15) is 0 Å². The molecule has 0 spiro atoms. The maximum atomic E-state index is 12.7. The number of amides is 3. The van der Waals surface area contributed by atoms with Crippen molar-refractivity contribution in [1.29, 1.82) is 0 Å².